The van der Waals surface area contributed by atoms with Gasteiger partial charge in [0.2, 0.25) is 5.84 Å². The van der Waals surface area contributed by atoms with E-state index in [2.05, 4.69) is 25.2 Å². The van der Waals surface area contributed by atoms with Gasteiger partial charge < -0.3 is 5.73 Å². The third-order valence-corrected chi connectivity index (χ3v) is 2.00. The molecule has 3 heterocycles. The summed E-state index contributed by atoms with van der Waals surface area (Å²) in [5.74, 6) is -0.213. The monoisotopic (exact) mass is 200 g/mol. The highest BCUT2D eigenvalue weighted by Gasteiger charge is 2.16. The van der Waals surface area contributed by atoms with E-state index in [0.717, 1.165) is 5.22 Å². The average molecular weight is 200 g/mol. The zero-order valence-electron chi connectivity index (χ0n) is 7.38. The zero-order valence-corrected chi connectivity index (χ0v) is 7.38. The SMILES string of the molecule is NC(=O)C1=Nc2cc3c(nc2=N1)N=NC=3. The first-order chi connectivity index (χ1) is 7.24. The number of amides is 1. The molecule has 1 amide bonds. The van der Waals surface area contributed by atoms with Gasteiger partial charge in [-0.25, -0.2) is 15.0 Å². The number of hydrogen-bond acceptors (Lipinski definition) is 6. The van der Waals surface area contributed by atoms with Crippen molar-refractivity contribution in [3.8, 4) is 0 Å². The third kappa shape index (κ3) is 1.06. The lowest BCUT2D eigenvalue weighted by Crippen LogP contribution is -2.21. The van der Waals surface area contributed by atoms with Crippen molar-refractivity contribution in [1.82, 2.24) is 4.98 Å². The predicted molar refractivity (Wildman–Crippen MR) is 50.3 cm³/mol. The Balaban J connectivity index is 2.27. The maximum Gasteiger partial charge on any atom is 0.286 e. The van der Waals surface area contributed by atoms with Gasteiger partial charge in [-0.3, -0.25) is 4.79 Å². The number of pyridine rings is 1. The van der Waals surface area contributed by atoms with E-state index in [1.54, 1.807) is 12.3 Å². The molecule has 0 saturated carbocycles. The van der Waals surface area contributed by atoms with Crippen LogP contribution in [0.5, 0.6) is 0 Å². The number of amidine groups is 1. The van der Waals surface area contributed by atoms with Crippen LogP contribution in [0.15, 0.2) is 26.3 Å². The molecule has 0 fully saturated rings. The average Bonchev–Trinajstić information content (AvgIpc) is 2.77. The van der Waals surface area contributed by atoms with Gasteiger partial charge in [-0.2, -0.15) is 5.11 Å². The number of nitrogens with zero attached hydrogens (tertiary/aromatic N) is 5. The smallest absolute Gasteiger partial charge is 0.286 e. The van der Waals surface area contributed by atoms with Gasteiger partial charge in [0.05, 0.1) is 6.20 Å². The van der Waals surface area contributed by atoms with Crippen LogP contribution in [0.25, 0.3) is 6.20 Å². The van der Waals surface area contributed by atoms with E-state index in [-0.39, 0.29) is 5.84 Å². The molecule has 0 aromatic carbocycles. The van der Waals surface area contributed by atoms with Crippen molar-refractivity contribution < 1.29 is 4.79 Å². The van der Waals surface area contributed by atoms with Gasteiger partial charge in [-0.15, -0.1) is 5.11 Å². The van der Waals surface area contributed by atoms with Gasteiger partial charge in [0.1, 0.15) is 5.69 Å². The molecule has 0 atom stereocenters. The molecule has 1 aromatic rings. The lowest BCUT2D eigenvalue weighted by atomic mass is 10.3. The van der Waals surface area contributed by atoms with Crippen LogP contribution in [0.2, 0.25) is 0 Å². The molecule has 7 heteroatoms. The first-order valence-corrected chi connectivity index (χ1v) is 4.13. The summed E-state index contributed by atoms with van der Waals surface area (Å²) in [6.07, 6.45) is 1.57. The summed E-state index contributed by atoms with van der Waals surface area (Å²) >= 11 is 0. The molecule has 1 aromatic heterocycles. The first-order valence-electron chi connectivity index (χ1n) is 4.13. The second-order valence-electron chi connectivity index (χ2n) is 3.00. The van der Waals surface area contributed by atoms with Crippen molar-refractivity contribution in [3.05, 3.63) is 16.8 Å². The molecule has 2 aliphatic heterocycles. The van der Waals surface area contributed by atoms with Crippen molar-refractivity contribution in [2.75, 3.05) is 0 Å². The number of hydrogen-bond donors (Lipinski definition) is 1. The van der Waals surface area contributed by atoms with Crippen LogP contribution in [0.3, 0.4) is 0 Å². The highest BCUT2D eigenvalue weighted by Crippen LogP contribution is 2.12. The Morgan fingerprint density at radius 3 is 3.00 bits per heavy atom. The molecule has 0 spiro atoms. The van der Waals surface area contributed by atoms with Crippen LogP contribution >= 0.6 is 0 Å². The van der Waals surface area contributed by atoms with Gasteiger partial charge in [0.15, 0.2) is 11.3 Å². The fourth-order valence-corrected chi connectivity index (χ4v) is 1.33. The zero-order chi connectivity index (χ0) is 10.4. The molecule has 72 valence electrons. The van der Waals surface area contributed by atoms with Crippen LogP contribution in [-0.2, 0) is 4.79 Å². The molecule has 3 rings (SSSR count). The second-order valence-corrected chi connectivity index (χ2v) is 3.00. The number of fused-ring (bicyclic) bond motifs is 2. The van der Waals surface area contributed by atoms with Crippen LogP contribution < -0.4 is 16.4 Å². The summed E-state index contributed by atoms with van der Waals surface area (Å²) in [5.41, 5.74) is 5.94. The highest BCUT2D eigenvalue weighted by molar-refractivity contribution is 6.38. The minimum absolute atomic E-state index is 0.0295. The molecule has 2 N–H and O–H groups in total. The van der Waals surface area contributed by atoms with Gasteiger partial charge in [-0.1, -0.05) is 0 Å². The Morgan fingerprint density at radius 1 is 1.33 bits per heavy atom. The normalized spacial score (nSPS) is 15.1. The van der Waals surface area contributed by atoms with Crippen molar-refractivity contribution in [2.24, 2.45) is 25.9 Å². The van der Waals surface area contributed by atoms with E-state index in [4.69, 9.17) is 5.73 Å². The Labute approximate surface area is 82.8 Å². The molecule has 0 bridgehead atoms. The van der Waals surface area contributed by atoms with E-state index in [0.29, 0.717) is 17.0 Å². The Hall–Kier alpha value is -2.44. The molecule has 0 aliphatic carbocycles. The Kier molecular flexibility index (Phi) is 1.34. The number of nitrogens with two attached hydrogens (primary N) is 1. The fourth-order valence-electron chi connectivity index (χ4n) is 1.33. The van der Waals surface area contributed by atoms with E-state index in [1.807, 2.05) is 0 Å². The molecular weight excluding hydrogens is 196 g/mol. The number of carbonyl (C=O) groups is 1. The minimum Gasteiger partial charge on any atom is -0.363 e. The summed E-state index contributed by atoms with van der Waals surface area (Å²) in [4.78, 5) is 22.7. The van der Waals surface area contributed by atoms with Crippen molar-refractivity contribution in [1.29, 1.82) is 0 Å². The Morgan fingerprint density at radius 2 is 2.20 bits per heavy atom. The maximum absolute atomic E-state index is 10.8. The van der Waals surface area contributed by atoms with E-state index >= 15 is 0 Å². The number of azo groups is 1. The van der Waals surface area contributed by atoms with Crippen molar-refractivity contribution >= 4 is 29.4 Å². The van der Waals surface area contributed by atoms with Crippen LogP contribution in [0, 0.1) is 0 Å². The topological polar surface area (TPSA) is 105 Å². The van der Waals surface area contributed by atoms with Gasteiger partial charge in [0, 0.05) is 5.22 Å². The standard InChI is InChI=1S/C8H4N6O/c9-5(15)8-11-4-1-3-2-10-14-6(3)12-7(4)13-8/h1-2H,(H2,9,15). The summed E-state index contributed by atoms with van der Waals surface area (Å²) < 4.78 is 0. The predicted octanol–water partition coefficient (Wildman–Crippen LogP) is -0.935. The first kappa shape index (κ1) is 7.92. The summed E-state index contributed by atoms with van der Waals surface area (Å²) in [6, 6.07) is 1.72. The summed E-state index contributed by atoms with van der Waals surface area (Å²) in [7, 11) is 0. The van der Waals surface area contributed by atoms with E-state index in [1.165, 1.54) is 0 Å². The van der Waals surface area contributed by atoms with E-state index in [9.17, 15) is 4.79 Å². The van der Waals surface area contributed by atoms with Crippen LogP contribution in [-0.4, -0.2) is 16.7 Å². The molecule has 0 radical (unpaired) electrons. The molecule has 7 nitrogen and oxygen atoms in total. The third-order valence-electron chi connectivity index (χ3n) is 2.00. The quantitative estimate of drug-likeness (QED) is 0.632. The molecule has 0 saturated heterocycles. The maximum atomic E-state index is 10.8. The highest BCUT2D eigenvalue weighted by atomic mass is 16.1. The number of carbonyl (C=O) groups excluding carboxylic acids is 1. The van der Waals surface area contributed by atoms with Crippen LogP contribution in [0.1, 0.15) is 0 Å². The molecule has 15 heavy (non-hydrogen) atoms. The van der Waals surface area contributed by atoms with Gasteiger partial charge in [-0.05, 0) is 6.07 Å². The van der Waals surface area contributed by atoms with Crippen molar-refractivity contribution in [2.45, 2.75) is 0 Å². The van der Waals surface area contributed by atoms with Gasteiger partial charge >= 0.3 is 0 Å². The number of primary amides is 1. The number of aliphatic imine (C=N–C) groups is 1. The number of aromatic nitrogens is 1. The molecule has 2 aliphatic rings. The summed E-state index contributed by atoms with van der Waals surface area (Å²) in [5, 5.41) is 8.24. The lowest BCUT2D eigenvalue weighted by molar-refractivity contribution is -0.112. The summed E-state index contributed by atoms with van der Waals surface area (Å²) in [6.45, 7) is 0. The Bertz CT molecular complexity index is 656. The minimum atomic E-state index is -0.668. The van der Waals surface area contributed by atoms with E-state index < -0.39 is 5.91 Å². The molecule has 0 unspecified atom stereocenters. The fraction of sp³-hybridized carbons (Fsp3) is 0. The second kappa shape index (κ2) is 2.53. The van der Waals surface area contributed by atoms with Gasteiger partial charge in [0.25, 0.3) is 5.91 Å². The number of rotatable bonds is 1. The lowest BCUT2D eigenvalue weighted by Gasteiger charge is -1.88. The van der Waals surface area contributed by atoms with Crippen LogP contribution in [0.4, 0.5) is 11.5 Å². The molecular formula is C8H4N6O. The van der Waals surface area contributed by atoms with Crippen molar-refractivity contribution in [3.63, 3.8) is 0 Å². The largest absolute Gasteiger partial charge is 0.363 e.